The van der Waals surface area contributed by atoms with Crippen LogP contribution < -0.4 is 5.73 Å². The molecule has 4 nitrogen and oxygen atoms in total. The van der Waals surface area contributed by atoms with E-state index in [0.717, 1.165) is 31.8 Å². The highest BCUT2D eigenvalue weighted by Crippen LogP contribution is 2.23. The van der Waals surface area contributed by atoms with Gasteiger partial charge in [-0.25, -0.2) is 0 Å². The first-order valence-corrected chi connectivity index (χ1v) is 7.36. The summed E-state index contributed by atoms with van der Waals surface area (Å²) >= 11 is 0. The maximum atomic E-state index is 6.12. The number of ether oxygens (including phenoxy) is 1. The monoisotopic (exact) mass is 255 g/mol. The second kappa shape index (κ2) is 6.33. The molecule has 2 fully saturated rings. The predicted molar refractivity (Wildman–Crippen MR) is 74.4 cm³/mol. The molecule has 106 valence electrons. The normalized spacial score (nSPS) is 27.5. The molecular formula is C14H29N3O. The molecule has 0 amide bonds. The highest BCUT2D eigenvalue weighted by molar-refractivity contribution is 4.82. The van der Waals surface area contributed by atoms with Crippen molar-refractivity contribution in [3.05, 3.63) is 0 Å². The third-order valence-corrected chi connectivity index (χ3v) is 4.80. The van der Waals surface area contributed by atoms with Crippen molar-refractivity contribution in [3.8, 4) is 0 Å². The van der Waals surface area contributed by atoms with E-state index >= 15 is 0 Å². The maximum absolute atomic E-state index is 6.12. The summed E-state index contributed by atoms with van der Waals surface area (Å²) in [5.41, 5.74) is 5.76. The van der Waals surface area contributed by atoms with Crippen molar-refractivity contribution in [1.82, 2.24) is 9.80 Å². The molecule has 18 heavy (non-hydrogen) atoms. The number of nitrogens with zero attached hydrogens (tertiary/aromatic N) is 2. The van der Waals surface area contributed by atoms with Crippen molar-refractivity contribution in [1.29, 1.82) is 0 Å². The number of piperidine rings is 2. The number of likely N-dealkylation sites (tertiary alicyclic amines) is 2. The fourth-order valence-corrected chi connectivity index (χ4v) is 3.08. The number of hydrogen-bond donors (Lipinski definition) is 1. The fourth-order valence-electron chi connectivity index (χ4n) is 3.08. The molecule has 0 atom stereocenters. The second-order valence-corrected chi connectivity index (χ2v) is 6.15. The van der Waals surface area contributed by atoms with Crippen LogP contribution in [0.5, 0.6) is 0 Å². The van der Waals surface area contributed by atoms with Gasteiger partial charge in [0.1, 0.15) is 5.72 Å². The van der Waals surface area contributed by atoms with Gasteiger partial charge < -0.3 is 20.3 Å². The van der Waals surface area contributed by atoms with Crippen LogP contribution in [0.15, 0.2) is 0 Å². The largest absolute Gasteiger partial charge is 0.364 e. The Labute approximate surface area is 111 Å². The van der Waals surface area contributed by atoms with E-state index in [9.17, 15) is 0 Å². The van der Waals surface area contributed by atoms with Crippen molar-refractivity contribution >= 4 is 0 Å². The Morgan fingerprint density at radius 3 is 2.33 bits per heavy atom. The van der Waals surface area contributed by atoms with Crippen LogP contribution in [0.1, 0.15) is 32.1 Å². The van der Waals surface area contributed by atoms with Gasteiger partial charge in [-0.1, -0.05) is 0 Å². The van der Waals surface area contributed by atoms with E-state index in [1.807, 2.05) is 0 Å². The van der Waals surface area contributed by atoms with Gasteiger partial charge in [-0.2, -0.15) is 0 Å². The lowest BCUT2D eigenvalue weighted by Crippen LogP contribution is -2.51. The third kappa shape index (κ3) is 3.92. The Bertz CT molecular complexity index is 243. The van der Waals surface area contributed by atoms with Gasteiger partial charge in [0.2, 0.25) is 0 Å². The Balaban J connectivity index is 1.63. The molecule has 2 aliphatic rings. The summed E-state index contributed by atoms with van der Waals surface area (Å²) in [7, 11) is 3.96. The molecule has 0 saturated carbocycles. The minimum Gasteiger partial charge on any atom is -0.364 e. The van der Waals surface area contributed by atoms with Crippen molar-refractivity contribution < 1.29 is 4.74 Å². The Morgan fingerprint density at radius 1 is 1.17 bits per heavy atom. The minimum absolute atomic E-state index is 0.357. The predicted octanol–water partition coefficient (Wildman–Crippen LogP) is 1.12. The highest BCUT2D eigenvalue weighted by Gasteiger charge is 2.30. The van der Waals surface area contributed by atoms with E-state index in [1.165, 1.54) is 38.9 Å². The lowest BCUT2D eigenvalue weighted by Gasteiger charge is -2.39. The molecule has 0 aliphatic carbocycles. The average Bonchev–Trinajstić information content (AvgIpc) is 2.40. The molecule has 2 heterocycles. The molecular weight excluding hydrogens is 226 g/mol. The van der Waals surface area contributed by atoms with Crippen LogP contribution in [-0.4, -0.2) is 62.4 Å². The maximum Gasteiger partial charge on any atom is 0.118 e. The van der Waals surface area contributed by atoms with Gasteiger partial charge in [-0.05, 0) is 51.9 Å². The van der Waals surface area contributed by atoms with Gasteiger partial charge in [-0.15, -0.1) is 0 Å². The van der Waals surface area contributed by atoms with Gasteiger partial charge in [0.15, 0.2) is 0 Å². The first-order valence-electron chi connectivity index (χ1n) is 7.36. The lowest BCUT2D eigenvalue weighted by molar-refractivity contribution is -0.0530. The summed E-state index contributed by atoms with van der Waals surface area (Å²) in [5.74, 6) is 0.938. The van der Waals surface area contributed by atoms with Crippen molar-refractivity contribution in [2.75, 3.05) is 46.9 Å². The Hall–Kier alpha value is -0.160. The standard InChI is InChI=1S/C14H29N3O/c1-16-8-3-13(4-9-16)5-10-17-11-6-14(15,18-2)7-12-17/h13H,3-12,15H2,1-2H3. The Kier molecular flexibility index (Phi) is 5.01. The van der Waals surface area contributed by atoms with Gasteiger partial charge in [0, 0.05) is 33.0 Å². The molecule has 0 radical (unpaired) electrons. The Morgan fingerprint density at radius 2 is 1.78 bits per heavy atom. The molecule has 0 unspecified atom stereocenters. The summed E-state index contributed by atoms with van der Waals surface area (Å²) in [6, 6.07) is 0. The van der Waals surface area contributed by atoms with Crippen LogP contribution in [0.3, 0.4) is 0 Å². The summed E-state index contributed by atoms with van der Waals surface area (Å²) in [4.78, 5) is 5.00. The zero-order chi connectivity index (χ0) is 13.0. The molecule has 0 bridgehead atoms. The van der Waals surface area contributed by atoms with Gasteiger partial charge in [0.05, 0.1) is 0 Å². The molecule has 2 aliphatic heterocycles. The van der Waals surface area contributed by atoms with E-state index in [4.69, 9.17) is 10.5 Å². The molecule has 0 spiro atoms. The van der Waals surface area contributed by atoms with Crippen LogP contribution in [0, 0.1) is 5.92 Å². The zero-order valence-electron chi connectivity index (χ0n) is 12.0. The van der Waals surface area contributed by atoms with Crippen molar-refractivity contribution in [3.63, 3.8) is 0 Å². The van der Waals surface area contributed by atoms with Gasteiger partial charge in [0.25, 0.3) is 0 Å². The molecule has 0 aromatic heterocycles. The van der Waals surface area contributed by atoms with Crippen molar-refractivity contribution in [2.24, 2.45) is 11.7 Å². The van der Waals surface area contributed by atoms with Crippen LogP contribution in [0.25, 0.3) is 0 Å². The molecule has 2 rings (SSSR count). The second-order valence-electron chi connectivity index (χ2n) is 6.15. The lowest BCUT2D eigenvalue weighted by atomic mass is 9.93. The fraction of sp³-hybridized carbons (Fsp3) is 1.00. The summed E-state index contributed by atoms with van der Waals surface area (Å²) < 4.78 is 5.38. The molecule has 0 aromatic rings. The molecule has 0 aromatic carbocycles. The van der Waals surface area contributed by atoms with E-state index < -0.39 is 0 Å². The first kappa shape index (κ1) is 14.3. The zero-order valence-corrected chi connectivity index (χ0v) is 12.0. The average molecular weight is 255 g/mol. The topological polar surface area (TPSA) is 41.7 Å². The smallest absolute Gasteiger partial charge is 0.118 e. The van der Waals surface area contributed by atoms with Crippen LogP contribution >= 0.6 is 0 Å². The van der Waals surface area contributed by atoms with Crippen molar-refractivity contribution in [2.45, 2.75) is 37.8 Å². The quantitative estimate of drug-likeness (QED) is 0.764. The van der Waals surface area contributed by atoms with Gasteiger partial charge >= 0.3 is 0 Å². The van der Waals surface area contributed by atoms with Crippen LogP contribution in [-0.2, 0) is 4.74 Å². The van der Waals surface area contributed by atoms with Crippen LogP contribution in [0.4, 0.5) is 0 Å². The summed E-state index contributed by atoms with van der Waals surface area (Å²) in [6.07, 6.45) is 6.05. The SMILES string of the molecule is COC1(N)CCN(CCC2CCN(C)CC2)CC1. The molecule has 2 N–H and O–H groups in total. The van der Waals surface area contributed by atoms with E-state index in [-0.39, 0.29) is 5.72 Å². The number of methoxy groups -OCH3 is 1. The molecule has 2 saturated heterocycles. The number of hydrogen-bond acceptors (Lipinski definition) is 4. The number of nitrogens with two attached hydrogens (primary N) is 1. The highest BCUT2D eigenvalue weighted by atomic mass is 16.5. The first-order chi connectivity index (χ1) is 8.61. The summed E-state index contributed by atoms with van der Waals surface area (Å²) in [6.45, 7) is 5.99. The van der Waals surface area contributed by atoms with E-state index in [2.05, 4.69) is 16.8 Å². The third-order valence-electron chi connectivity index (χ3n) is 4.80. The summed E-state index contributed by atoms with van der Waals surface area (Å²) in [5, 5.41) is 0. The van der Waals surface area contributed by atoms with Crippen LogP contribution in [0.2, 0.25) is 0 Å². The van der Waals surface area contributed by atoms with Gasteiger partial charge in [-0.3, -0.25) is 0 Å². The van der Waals surface area contributed by atoms with E-state index in [1.54, 1.807) is 7.11 Å². The molecule has 4 heteroatoms. The van der Waals surface area contributed by atoms with E-state index in [0.29, 0.717) is 0 Å². The minimum atomic E-state index is -0.357. The number of rotatable bonds is 4.